The molecule has 0 aromatic carbocycles. The Bertz CT molecular complexity index is 75.7. The first-order valence-electron chi connectivity index (χ1n) is 1.31. The van der Waals surface area contributed by atoms with Gasteiger partial charge in [0.2, 0.25) is 0 Å². The van der Waals surface area contributed by atoms with Gasteiger partial charge in [-0.25, -0.2) is 4.79 Å². The monoisotopic (exact) mass is 295 g/mol. The van der Waals surface area contributed by atoms with Crippen LogP contribution in [-0.2, 0) is 29.7 Å². The van der Waals surface area contributed by atoms with E-state index >= 15 is 0 Å². The summed E-state index contributed by atoms with van der Waals surface area (Å²) in [5.74, 6) is 5.16. The molecule has 0 aliphatic heterocycles. The molecule has 0 amide bonds. The Balaban J connectivity index is -0.000000125. The molecule has 5 heteroatoms. The summed E-state index contributed by atoms with van der Waals surface area (Å²) in [5.41, 5.74) is 0. The van der Waals surface area contributed by atoms with E-state index in [0.717, 1.165) is 6.08 Å². The van der Waals surface area contributed by atoms with E-state index in [1.165, 1.54) is 0 Å². The van der Waals surface area contributed by atoms with Crippen LogP contribution >= 0.6 is 0 Å². The van der Waals surface area contributed by atoms with E-state index in [-0.39, 0.29) is 26.3 Å². The molecule has 4 nitrogen and oxygen atoms in total. The average Bonchev–Trinajstić information content (AvgIpc) is 1.65. The summed E-state index contributed by atoms with van der Waals surface area (Å²) in [6, 6.07) is 0. The van der Waals surface area contributed by atoms with Crippen molar-refractivity contribution >= 4 is 5.97 Å². The predicted octanol–water partition coefficient (Wildman–Crippen LogP) is 1.40. The van der Waals surface area contributed by atoms with Crippen molar-refractivity contribution in [3.63, 3.8) is 0 Å². The SMILES string of the molecule is C=CC(=O)O[NH-].[Ir].[NH2-]. The van der Waals surface area contributed by atoms with Gasteiger partial charge in [-0.05, 0) is 0 Å². The van der Waals surface area contributed by atoms with Crippen molar-refractivity contribution in [2.45, 2.75) is 0 Å². The van der Waals surface area contributed by atoms with Crippen molar-refractivity contribution in [1.29, 1.82) is 0 Å². The van der Waals surface area contributed by atoms with Gasteiger partial charge in [-0.15, -0.1) is 0 Å². The third-order valence-corrected chi connectivity index (χ3v) is 0.267. The van der Waals surface area contributed by atoms with Crippen LogP contribution in [0.5, 0.6) is 0 Å². The average molecular weight is 294 g/mol. The molecule has 0 aromatic heterocycles. The van der Waals surface area contributed by atoms with Crippen LogP contribution in [-0.4, -0.2) is 5.97 Å². The van der Waals surface area contributed by atoms with Crippen LogP contribution in [0.4, 0.5) is 0 Å². The fraction of sp³-hybridized carbons (Fsp3) is 0. The molecule has 51 valence electrons. The van der Waals surface area contributed by atoms with E-state index < -0.39 is 5.97 Å². The summed E-state index contributed by atoms with van der Waals surface area (Å²) >= 11 is 0. The second-order valence-electron chi connectivity index (χ2n) is 0.625. The van der Waals surface area contributed by atoms with Gasteiger partial charge in [0.1, 0.15) is 0 Å². The van der Waals surface area contributed by atoms with E-state index in [0.29, 0.717) is 0 Å². The number of rotatable bonds is 1. The molecule has 0 heterocycles. The van der Waals surface area contributed by atoms with Crippen LogP contribution in [0.25, 0.3) is 12.0 Å². The van der Waals surface area contributed by atoms with Crippen molar-refractivity contribution in [2.24, 2.45) is 0 Å². The molecule has 0 spiro atoms. The Hall–Kier alpha value is -0.221. The number of hydrogen-bond acceptors (Lipinski definition) is 2. The molecular weight excluding hydrogens is 288 g/mol. The van der Waals surface area contributed by atoms with Crippen LogP contribution in [0.2, 0.25) is 0 Å². The maximum atomic E-state index is 9.65. The number of carbonyl (C=O) groups excluding carboxylic acids is 1. The molecule has 0 fully saturated rings. The standard InChI is InChI=1S/C3H4NO2.Ir.H2N/c1-2-3(5)6-4;;/h2,4H,1H2;;1H2/q-1;;-1. The molecule has 0 aliphatic rings. The number of hydrogen-bond donors (Lipinski definition) is 0. The number of nitrogens with one attached hydrogen (secondary N) is 1. The smallest absolute Gasteiger partial charge is 0.314 e. The Morgan fingerprint density at radius 2 is 2.12 bits per heavy atom. The van der Waals surface area contributed by atoms with E-state index in [1.54, 1.807) is 0 Å². The van der Waals surface area contributed by atoms with Gasteiger partial charge in [0.15, 0.2) is 0 Å². The van der Waals surface area contributed by atoms with Gasteiger partial charge in [-0.1, -0.05) is 6.58 Å². The summed E-state index contributed by atoms with van der Waals surface area (Å²) < 4.78 is 0. The molecule has 0 saturated heterocycles. The second kappa shape index (κ2) is 9.91. The zero-order chi connectivity index (χ0) is 4.99. The molecule has 0 rings (SSSR count). The number of nitrogens with two attached hydrogens (primary N) is 1. The van der Waals surface area contributed by atoms with Gasteiger partial charge < -0.3 is 16.9 Å². The Morgan fingerprint density at radius 1 is 1.75 bits per heavy atom. The fourth-order valence-corrected chi connectivity index (χ4v) is 0.0417. The third kappa shape index (κ3) is 9.24. The van der Waals surface area contributed by atoms with Crippen molar-refractivity contribution in [1.82, 2.24) is 0 Å². The van der Waals surface area contributed by atoms with Crippen molar-refractivity contribution < 1.29 is 29.7 Å². The minimum atomic E-state index is -0.727. The van der Waals surface area contributed by atoms with Crippen molar-refractivity contribution in [3.8, 4) is 0 Å². The molecule has 3 N–H and O–H groups in total. The fourth-order valence-electron chi connectivity index (χ4n) is 0.0417. The topological polar surface area (TPSA) is 83.6 Å². The van der Waals surface area contributed by atoms with Crippen LogP contribution < -0.4 is 0 Å². The minimum absolute atomic E-state index is 0. The van der Waals surface area contributed by atoms with Gasteiger partial charge in [-0.3, -0.25) is 0 Å². The maximum Gasteiger partial charge on any atom is 0.314 e. The normalized spacial score (nSPS) is 5.12. The second-order valence-corrected chi connectivity index (χ2v) is 0.625. The summed E-state index contributed by atoms with van der Waals surface area (Å²) in [5, 5.41) is 0. The summed E-state index contributed by atoms with van der Waals surface area (Å²) in [6.45, 7) is 3.04. The molecule has 0 aromatic rings. The molecule has 8 heavy (non-hydrogen) atoms. The number of carbonyl (C=O) groups is 1. The largest absolute Gasteiger partial charge is 0.693 e. The van der Waals surface area contributed by atoms with Gasteiger partial charge >= 0.3 is 5.97 Å². The van der Waals surface area contributed by atoms with Gasteiger partial charge in [-0.2, -0.15) is 0 Å². The van der Waals surface area contributed by atoms with Crippen molar-refractivity contribution in [2.75, 3.05) is 0 Å². The molecule has 0 unspecified atom stereocenters. The van der Waals surface area contributed by atoms with Crippen LogP contribution in [0.15, 0.2) is 12.7 Å². The minimum Gasteiger partial charge on any atom is -0.693 e. The maximum absolute atomic E-state index is 9.65. The van der Waals surface area contributed by atoms with E-state index in [2.05, 4.69) is 11.4 Å². The zero-order valence-electron chi connectivity index (χ0n) is 4.01. The molecule has 0 atom stereocenters. The molecule has 0 saturated carbocycles. The molecule has 0 aliphatic carbocycles. The van der Waals surface area contributed by atoms with Crippen LogP contribution in [0, 0.1) is 0 Å². The van der Waals surface area contributed by atoms with E-state index in [9.17, 15) is 4.79 Å². The molecule has 1 radical (unpaired) electrons. The Kier molecular flexibility index (Phi) is 19.4. The molecule has 0 bridgehead atoms. The van der Waals surface area contributed by atoms with Crippen LogP contribution in [0.3, 0.4) is 0 Å². The summed E-state index contributed by atoms with van der Waals surface area (Å²) in [6.07, 6.45) is 0.924. The summed E-state index contributed by atoms with van der Waals surface area (Å²) in [7, 11) is 0. The first-order valence-corrected chi connectivity index (χ1v) is 1.31. The third-order valence-electron chi connectivity index (χ3n) is 0.267. The van der Waals surface area contributed by atoms with E-state index in [4.69, 9.17) is 5.90 Å². The van der Waals surface area contributed by atoms with Gasteiger partial charge in [0.25, 0.3) is 0 Å². The zero-order valence-corrected chi connectivity index (χ0v) is 6.41. The Labute approximate surface area is 61.0 Å². The molecular formula is C3H6IrN2O2-2. The quantitative estimate of drug-likeness (QED) is 0.541. The predicted molar refractivity (Wildman–Crippen MR) is 25.9 cm³/mol. The summed E-state index contributed by atoms with van der Waals surface area (Å²) in [4.78, 5) is 13.0. The van der Waals surface area contributed by atoms with Gasteiger partial charge in [0, 0.05) is 26.2 Å². The van der Waals surface area contributed by atoms with Gasteiger partial charge in [0.05, 0.1) is 0 Å². The van der Waals surface area contributed by atoms with E-state index in [1.807, 2.05) is 0 Å². The first kappa shape index (κ1) is 15.7. The van der Waals surface area contributed by atoms with Crippen molar-refractivity contribution in [3.05, 3.63) is 24.7 Å². The van der Waals surface area contributed by atoms with Crippen LogP contribution in [0.1, 0.15) is 0 Å². The first-order chi connectivity index (χ1) is 2.81. The Morgan fingerprint density at radius 3 is 2.12 bits per heavy atom.